The van der Waals surface area contributed by atoms with Crippen LogP contribution in [-0.4, -0.2) is 44.7 Å². The van der Waals surface area contributed by atoms with E-state index in [1.54, 1.807) is 14.2 Å². The maximum absolute atomic E-state index is 12.3. The summed E-state index contributed by atoms with van der Waals surface area (Å²) in [5.41, 5.74) is 0.728. The van der Waals surface area contributed by atoms with E-state index in [2.05, 4.69) is 0 Å². The minimum absolute atomic E-state index is 0.110. The topological polar surface area (TPSA) is 38.8 Å². The number of ether oxygens (including phenoxy) is 2. The fourth-order valence-electron chi connectivity index (χ4n) is 2.45. The van der Waals surface area contributed by atoms with Crippen LogP contribution in [0.15, 0.2) is 24.3 Å². The van der Waals surface area contributed by atoms with Crippen LogP contribution in [0.4, 0.5) is 0 Å². The summed E-state index contributed by atoms with van der Waals surface area (Å²) in [6, 6.07) is 7.29. The summed E-state index contributed by atoms with van der Waals surface area (Å²) < 4.78 is 10.3. The third-order valence-corrected chi connectivity index (χ3v) is 3.64. The van der Waals surface area contributed by atoms with E-state index >= 15 is 0 Å². The lowest BCUT2D eigenvalue weighted by Crippen LogP contribution is -2.39. The molecule has 19 heavy (non-hydrogen) atoms. The summed E-state index contributed by atoms with van der Waals surface area (Å²) in [6.07, 6.45) is 2.05. The van der Waals surface area contributed by atoms with Crippen molar-refractivity contribution in [2.45, 2.75) is 12.8 Å². The molecule has 0 N–H and O–H groups in total. The van der Waals surface area contributed by atoms with Gasteiger partial charge in [-0.25, -0.2) is 0 Å². The van der Waals surface area contributed by atoms with Crippen molar-refractivity contribution in [2.75, 3.05) is 33.9 Å². The molecule has 2 rings (SSSR count). The first-order chi connectivity index (χ1) is 9.24. The molecule has 0 unspecified atom stereocenters. The van der Waals surface area contributed by atoms with Crippen molar-refractivity contribution in [3.63, 3.8) is 0 Å². The highest BCUT2D eigenvalue weighted by molar-refractivity contribution is 5.94. The number of amides is 1. The molecule has 0 saturated carbocycles. The first-order valence-electron chi connectivity index (χ1n) is 6.67. The number of rotatable bonds is 4. The minimum atomic E-state index is 0.110. The smallest absolute Gasteiger partial charge is 0.253 e. The quantitative estimate of drug-likeness (QED) is 0.836. The number of hydrogen-bond acceptors (Lipinski definition) is 3. The van der Waals surface area contributed by atoms with Gasteiger partial charge in [0, 0.05) is 32.4 Å². The molecule has 0 atom stereocenters. The summed E-state index contributed by atoms with van der Waals surface area (Å²) in [7, 11) is 3.35. The van der Waals surface area contributed by atoms with Crippen molar-refractivity contribution in [1.29, 1.82) is 0 Å². The standard InChI is InChI=1S/C15H21NO3/c1-18-11-12-7-9-16(10-8-12)15(17)13-3-5-14(19-2)6-4-13/h3-6,12H,7-11H2,1-2H3. The fourth-order valence-corrected chi connectivity index (χ4v) is 2.45. The van der Waals surface area contributed by atoms with Gasteiger partial charge in [0.2, 0.25) is 0 Å². The molecular weight excluding hydrogens is 242 g/mol. The van der Waals surface area contributed by atoms with Gasteiger partial charge in [-0.1, -0.05) is 0 Å². The number of carbonyl (C=O) groups is 1. The Bertz CT molecular complexity index is 408. The average Bonchev–Trinajstić information content (AvgIpc) is 2.48. The second kappa shape index (κ2) is 6.57. The molecule has 1 aliphatic rings. The molecule has 4 heteroatoms. The molecule has 104 valence electrons. The van der Waals surface area contributed by atoms with Crippen molar-refractivity contribution in [2.24, 2.45) is 5.92 Å². The fraction of sp³-hybridized carbons (Fsp3) is 0.533. The highest BCUT2D eigenvalue weighted by atomic mass is 16.5. The van der Waals surface area contributed by atoms with E-state index in [-0.39, 0.29) is 5.91 Å². The largest absolute Gasteiger partial charge is 0.497 e. The van der Waals surface area contributed by atoms with E-state index in [4.69, 9.17) is 9.47 Å². The van der Waals surface area contributed by atoms with Crippen LogP contribution in [0.1, 0.15) is 23.2 Å². The van der Waals surface area contributed by atoms with Crippen LogP contribution in [-0.2, 0) is 4.74 Å². The van der Waals surface area contributed by atoms with Gasteiger partial charge < -0.3 is 14.4 Å². The number of likely N-dealkylation sites (tertiary alicyclic amines) is 1. The molecule has 0 aromatic heterocycles. The Kier molecular flexibility index (Phi) is 4.80. The van der Waals surface area contributed by atoms with Crippen LogP contribution >= 0.6 is 0 Å². The van der Waals surface area contributed by atoms with Crippen LogP contribution < -0.4 is 4.74 Å². The Morgan fingerprint density at radius 1 is 1.21 bits per heavy atom. The third kappa shape index (κ3) is 3.47. The van der Waals surface area contributed by atoms with Gasteiger partial charge in [0.1, 0.15) is 5.75 Å². The van der Waals surface area contributed by atoms with Crippen LogP contribution in [0, 0.1) is 5.92 Å². The van der Waals surface area contributed by atoms with Crippen molar-refractivity contribution >= 4 is 5.91 Å². The Morgan fingerprint density at radius 2 is 1.84 bits per heavy atom. The summed E-state index contributed by atoms with van der Waals surface area (Å²) >= 11 is 0. The van der Waals surface area contributed by atoms with Crippen LogP contribution in [0.2, 0.25) is 0 Å². The highest BCUT2D eigenvalue weighted by Crippen LogP contribution is 2.20. The second-order valence-electron chi connectivity index (χ2n) is 4.92. The normalized spacial score (nSPS) is 16.4. The lowest BCUT2D eigenvalue weighted by Gasteiger charge is -2.31. The number of piperidine rings is 1. The van der Waals surface area contributed by atoms with Crippen molar-refractivity contribution < 1.29 is 14.3 Å². The zero-order chi connectivity index (χ0) is 13.7. The molecular formula is C15H21NO3. The van der Waals surface area contributed by atoms with Crippen molar-refractivity contribution in [3.8, 4) is 5.75 Å². The zero-order valence-electron chi connectivity index (χ0n) is 11.6. The minimum Gasteiger partial charge on any atom is -0.497 e. The number of nitrogens with zero attached hydrogens (tertiary/aromatic N) is 1. The van der Waals surface area contributed by atoms with Gasteiger partial charge in [-0.15, -0.1) is 0 Å². The predicted octanol–water partition coefficient (Wildman–Crippen LogP) is 2.19. The monoisotopic (exact) mass is 263 g/mol. The Balaban J connectivity index is 1.93. The van der Waals surface area contributed by atoms with Gasteiger partial charge in [-0.05, 0) is 43.0 Å². The summed E-state index contributed by atoms with van der Waals surface area (Å²) in [6.45, 7) is 2.43. The molecule has 1 aliphatic heterocycles. The first kappa shape index (κ1) is 13.9. The van der Waals surface area contributed by atoms with Crippen LogP contribution in [0.3, 0.4) is 0 Å². The van der Waals surface area contributed by atoms with E-state index in [1.165, 1.54) is 0 Å². The van der Waals surface area contributed by atoms with E-state index < -0.39 is 0 Å². The van der Waals surface area contributed by atoms with Crippen molar-refractivity contribution in [3.05, 3.63) is 29.8 Å². The Hall–Kier alpha value is -1.55. The average molecular weight is 263 g/mol. The highest BCUT2D eigenvalue weighted by Gasteiger charge is 2.23. The van der Waals surface area contributed by atoms with Gasteiger partial charge in [0.25, 0.3) is 5.91 Å². The SMILES string of the molecule is COCC1CCN(C(=O)c2ccc(OC)cc2)CC1. The van der Waals surface area contributed by atoms with Crippen molar-refractivity contribution in [1.82, 2.24) is 4.90 Å². The second-order valence-corrected chi connectivity index (χ2v) is 4.92. The lowest BCUT2D eigenvalue weighted by atomic mass is 9.97. The molecule has 1 aromatic rings. The summed E-state index contributed by atoms with van der Waals surface area (Å²) in [4.78, 5) is 14.2. The van der Waals surface area contributed by atoms with Gasteiger partial charge in [0.05, 0.1) is 7.11 Å². The number of carbonyl (C=O) groups excluding carboxylic acids is 1. The summed E-state index contributed by atoms with van der Waals surface area (Å²) in [5.74, 6) is 1.47. The third-order valence-electron chi connectivity index (χ3n) is 3.64. The molecule has 1 aromatic carbocycles. The van der Waals surface area contributed by atoms with Gasteiger partial charge in [-0.3, -0.25) is 4.79 Å². The molecule has 0 spiro atoms. The first-order valence-corrected chi connectivity index (χ1v) is 6.67. The molecule has 1 amide bonds. The van der Waals surface area contributed by atoms with E-state index in [9.17, 15) is 4.79 Å². The maximum atomic E-state index is 12.3. The number of hydrogen-bond donors (Lipinski definition) is 0. The van der Waals surface area contributed by atoms with Gasteiger partial charge in [0.15, 0.2) is 0 Å². The predicted molar refractivity (Wildman–Crippen MR) is 73.5 cm³/mol. The number of methoxy groups -OCH3 is 2. The molecule has 0 aliphatic carbocycles. The Labute approximate surface area is 114 Å². The van der Waals surface area contributed by atoms with Crippen LogP contribution in [0.5, 0.6) is 5.75 Å². The molecule has 1 fully saturated rings. The summed E-state index contributed by atoms with van der Waals surface area (Å²) in [5, 5.41) is 0. The Morgan fingerprint density at radius 3 is 2.37 bits per heavy atom. The van der Waals surface area contributed by atoms with Gasteiger partial charge >= 0.3 is 0 Å². The van der Waals surface area contributed by atoms with E-state index in [0.717, 1.165) is 43.9 Å². The number of benzene rings is 1. The molecule has 4 nitrogen and oxygen atoms in total. The van der Waals surface area contributed by atoms with E-state index in [1.807, 2.05) is 29.2 Å². The maximum Gasteiger partial charge on any atom is 0.253 e. The van der Waals surface area contributed by atoms with Gasteiger partial charge in [-0.2, -0.15) is 0 Å². The van der Waals surface area contributed by atoms with Crippen LogP contribution in [0.25, 0.3) is 0 Å². The molecule has 1 heterocycles. The molecule has 0 radical (unpaired) electrons. The molecule has 1 saturated heterocycles. The lowest BCUT2D eigenvalue weighted by molar-refractivity contribution is 0.0613. The van der Waals surface area contributed by atoms with E-state index in [0.29, 0.717) is 5.92 Å². The molecule has 0 bridgehead atoms. The zero-order valence-corrected chi connectivity index (χ0v) is 11.6.